The molecule has 1 fully saturated rings. The monoisotopic (exact) mass is 263 g/mol. The van der Waals surface area contributed by atoms with Crippen LogP contribution < -0.4 is 0 Å². The summed E-state index contributed by atoms with van der Waals surface area (Å²) in [4.78, 5) is 25.3. The predicted molar refractivity (Wildman–Crippen MR) is 68.7 cm³/mol. The molecule has 0 unspecified atom stereocenters. The van der Waals surface area contributed by atoms with Gasteiger partial charge in [0.05, 0.1) is 12.7 Å². The summed E-state index contributed by atoms with van der Waals surface area (Å²) in [6.07, 6.45) is 0.198. The summed E-state index contributed by atoms with van der Waals surface area (Å²) in [6, 6.07) is 8.49. The molecule has 1 aliphatic heterocycles. The van der Waals surface area contributed by atoms with Gasteiger partial charge in [-0.1, -0.05) is 18.2 Å². The lowest BCUT2D eigenvalue weighted by Crippen LogP contribution is -2.33. The average Bonchev–Trinajstić information content (AvgIpc) is 2.79. The van der Waals surface area contributed by atoms with Crippen molar-refractivity contribution in [3.05, 3.63) is 35.9 Å². The normalized spacial score (nSPS) is 23.1. The number of likely N-dealkylation sites (N-methyl/N-ethyl adjacent to an activating group) is 1. The van der Waals surface area contributed by atoms with Gasteiger partial charge in [-0.05, 0) is 19.2 Å². The number of nitrogens with zero attached hydrogens (tertiary/aromatic N) is 1. The van der Waals surface area contributed by atoms with Gasteiger partial charge in [0.25, 0.3) is 0 Å². The van der Waals surface area contributed by atoms with Crippen LogP contribution in [0.2, 0.25) is 0 Å². The molecule has 1 aliphatic rings. The Morgan fingerprint density at radius 3 is 2.58 bits per heavy atom. The number of benzene rings is 1. The highest BCUT2D eigenvalue weighted by atomic mass is 16.5. The Morgan fingerprint density at radius 2 is 1.95 bits per heavy atom. The summed E-state index contributed by atoms with van der Waals surface area (Å²) >= 11 is 0. The number of likely N-dealkylation sites (tertiary alicyclic amines) is 1. The summed E-state index contributed by atoms with van der Waals surface area (Å²) in [7, 11) is 3.18. The van der Waals surface area contributed by atoms with Crippen molar-refractivity contribution in [1.82, 2.24) is 4.90 Å². The van der Waals surface area contributed by atoms with Crippen LogP contribution in [0, 0.1) is 0 Å². The molecular weight excluding hydrogens is 246 g/mol. The summed E-state index contributed by atoms with van der Waals surface area (Å²) in [5.41, 5.74) is 0.520. The number of hydrogen-bond donors (Lipinski definition) is 0. The molecule has 0 aliphatic carbocycles. The van der Waals surface area contributed by atoms with Crippen LogP contribution in [0.25, 0.3) is 0 Å². The first-order valence-corrected chi connectivity index (χ1v) is 6.16. The zero-order valence-electron chi connectivity index (χ0n) is 11.0. The summed E-state index contributed by atoms with van der Waals surface area (Å²) in [5, 5.41) is 0. The van der Waals surface area contributed by atoms with E-state index in [1.165, 1.54) is 7.11 Å². The summed E-state index contributed by atoms with van der Waals surface area (Å²) in [5.74, 6) is -0.648. The molecule has 1 saturated heterocycles. The van der Waals surface area contributed by atoms with Crippen molar-refractivity contribution in [1.29, 1.82) is 0 Å². The second kappa shape index (κ2) is 5.84. The topological polar surface area (TPSA) is 55.8 Å². The molecule has 0 saturated carbocycles. The smallest absolute Gasteiger partial charge is 0.338 e. The maximum atomic E-state index is 11.9. The zero-order valence-corrected chi connectivity index (χ0v) is 11.0. The molecule has 0 bridgehead atoms. The van der Waals surface area contributed by atoms with E-state index in [1.807, 2.05) is 18.0 Å². The Hall–Kier alpha value is -1.88. The van der Waals surface area contributed by atoms with E-state index >= 15 is 0 Å². The predicted octanol–water partition coefficient (Wildman–Crippen LogP) is 1.09. The van der Waals surface area contributed by atoms with Crippen LogP contribution in [0.5, 0.6) is 0 Å². The molecule has 0 radical (unpaired) electrons. The standard InChI is InChI=1S/C14H17NO4/c1-15-9-11(8-12(15)14(17)18-2)19-13(16)10-6-4-3-5-7-10/h3-7,11-12H,8-9H2,1-2H3/t11-,12-/m0/s1. The molecule has 0 amide bonds. The lowest BCUT2D eigenvalue weighted by Gasteiger charge is -2.15. The largest absolute Gasteiger partial charge is 0.468 e. The molecule has 19 heavy (non-hydrogen) atoms. The van der Waals surface area contributed by atoms with Crippen LogP contribution in [0.15, 0.2) is 30.3 Å². The fourth-order valence-electron chi connectivity index (χ4n) is 2.24. The molecule has 2 atom stereocenters. The quantitative estimate of drug-likeness (QED) is 0.764. The van der Waals surface area contributed by atoms with Crippen molar-refractivity contribution in [2.24, 2.45) is 0 Å². The molecule has 1 aromatic carbocycles. The van der Waals surface area contributed by atoms with Crippen LogP contribution >= 0.6 is 0 Å². The van der Waals surface area contributed by atoms with E-state index in [0.717, 1.165) is 0 Å². The first-order chi connectivity index (χ1) is 9.11. The summed E-state index contributed by atoms with van der Waals surface area (Å²) in [6.45, 7) is 0.540. The van der Waals surface area contributed by atoms with Crippen LogP contribution in [-0.4, -0.2) is 49.7 Å². The number of esters is 2. The second-order valence-electron chi connectivity index (χ2n) is 4.61. The molecule has 0 aromatic heterocycles. The highest BCUT2D eigenvalue weighted by molar-refractivity contribution is 5.89. The fourth-order valence-corrected chi connectivity index (χ4v) is 2.24. The number of methoxy groups -OCH3 is 1. The number of ether oxygens (including phenoxy) is 2. The number of rotatable bonds is 3. The van der Waals surface area contributed by atoms with Gasteiger partial charge in [-0.3, -0.25) is 9.69 Å². The van der Waals surface area contributed by atoms with Crippen molar-refractivity contribution < 1.29 is 19.1 Å². The maximum Gasteiger partial charge on any atom is 0.338 e. The minimum atomic E-state index is -0.357. The SMILES string of the molecule is COC(=O)[C@@H]1C[C@H](OC(=O)c2ccccc2)CN1C. The van der Waals surface area contributed by atoms with E-state index in [2.05, 4.69) is 0 Å². The first-order valence-electron chi connectivity index (χ1n) is 6.16. The molecular formula is C14H17NO4. The lowest BCUT2D eigenvalue weighted by molar-refractivity contribution is -0.145. The van der Waals surface area contributed by atoms with Crippen molar-refractivity contribution in [2.75, 3.05) is 20.7 Å². The van der Waals surface area contributed by atoms with Crippen molar-refractivity contribution >= 4 is 11.9 Å². The second-order valence-corrected chi connectivity index (χ2v) is 4.61. The Morgan fingerprint density at radius 1 is 1.26 bits per heavy atom. The molecule has 5 heteroatoms. The molecule has 1 heterocycles. The van der Waals surface area contributed by atoms with E-state index in [0.29, 0.717) is 18.5 Å². The minimum Gasteiger partial charge on any atom is -0.468 e. The van der Waals surface area contributed by atoms with E-state index in [1.54, 1.807) is 24.3 Å². The zero-order chi connectivity index (χ0) is 13.8. The van der Waals surface area contributed by atoms with Crippen LogP contribution in [0.4, 0.5) is 0 Å². The number of carbonyl (C=O) groups is 2. The van der Waals surface area contributed by atoms with Gasteiger partial charge in [-0.15, -0.1) is 0 Å². The van der Waals surface area contributed by atoms with Crippen molar-refractivity contribution in [3.8, 4) is 0 Å². The number of carbonyl (C=O) groups excluding carboxylic acids is 2. The van der Waals surface area contributed by atoms with E-state index in [9.17, 15) is 9.59 Å². The van der Waals surface area contributed by atoms with Crippen molar-refractivity contribution in [3.63, 3.8) is 0 Å². The van der Waals surface area contributed by atoms with E-state index < -0.39 is 0 Å². The molecule has 0 spiro atoms. The van der Waals surface area contributed by atoms with Gasteiger partial charge in [-0.25, -0.2) is 4.79 Å². The Labute approximate surface area is 112 Å². The van der Waals surface area contributed by atoms with E-state index in [4.69, 9.17) is 9.47 Å². The van der Waals surface area contributed by atoms with Gasteiger partial charge >= 0.3 is 11.9 Å². The Kier molecular flexibility index (Phi) is 4.16. The van der Waals surface area contributed by atoms with Crippen LogP contribution in [-0.2, 0) is 14.3 Å². The number of hydrogen-bond acceptors (Lipinski definition) is 5. The first kappa shape index (κ1) is 13.5. The fraction of sp³-hybridized carbons (Fsp3) is 0.429. The highest BCUT2D eigenvalue weighted by Gasteiger charge is 2.37. The van der Waals surface area contributed by atoms with Gasteiger partial charge in [0.2, 0.25) is 0 Å². The third-order valence-corrected chi connectivity index (χ3v) is 3.27. The molecule has 0 N–H and O–H groups in total. The highest BCUT2D eigenvalue weighted by Crippen LogP contribution is 2.20. The maximum absolute atomic E-state index is 11.9. The molecule has 2 rings (SSSR count). The third-order valence-electron chi connectivity index (χ3n) is 3.27. The van der Waals surface area contributed by atoms with Crippen molar-refractivity contribution in [2.45, 2.75) is 18.6 Å². The van der Waals surface area contributed by atoms with E-state index in [-0.39, 0.29) is 24.1 Å². The Balaban J connectivity index is 1.95. The lowest BCUT2D eigenvalue weighted by atomic mass is 10.2. The Bertz CT molecular complexity index is 460. The third kappa shape index (κ3) is 3.12. The van der Waals surface area contributed by atoms with Gasteiger partial charge in [0, 0.05) is 13.0 Å². The minimum absolute atomic E-state index is 0.276. The molecule has 102 valence electrons. The van der Waals surface area contributed by atoms with Gasteiger partial charge < -0.3 is 9.47 Å². The van der Waals surface area contributed by atoms with Gasteiger partial charge in [-0.2, -0.15) is 0 Å². The molecule has 5 nitrogen and oxygen atoms in total. The van der Waals surface area contributed by atoms with Gasteiger partial charge in [0.1, 0.15) is 12.1 Å². The molecule has 1 aromatic rings. The van der Waals surface area contributed by atoms with Crippen LogP contribution in [0.1, 0.15) is 16.8 Å². The average molecular weight is 263 g/mol. The summed E-state index contributed by atoms with van der Waals surface area (Å²) < 4.78 is 10.1. The van der Waals surface area contributed by atoms with Gasteiger partial charge in [0.15, 0.2) is 0 Å². The van der Waals surface area contributed by atoms with Crippen LogP contribution in [0.3, 0.4) is 0 Å².